The minimum absolute atomic E-state index is 0.0802. The van der Waals surface area contributed by atoms with Crippen LogP contribution in [0.25, 0.3) is 0 Å². The van der Waals surface area contributed by atoms with Crippen LogP contribution < -0.4 is 5.32 Å². The number of Topliss-reactive ketones (excluding diaryl/α,β-unsaturated/α-hetero) is 1. The van der Waals surface area contributed by atoms with Gasteiger partial charge >= 0.3 is 0 Å². The molecule has 0 aromatic carbocycles. The van der Waals surface area contributed by atoms with Crippen molar-refractivity contribution in [2.75, 3.05) is 6.61 Å². The van der Waals surface area contributed by atoms with Gasteiger partial charge in [-0.1, -0.05) is 44.6 Å². The maximum Gasteiger partial charge on any atom is 0.259 e. The summed E-state index contributed by atoms with van der Waals surface area (Å²) < 4.78 is 0. The van der Waals surface area contributed by atoms with Crippen LogP contribution in [0, 0.1) is 29.1 Å². The fourth-order valence-electron chi connectivity index (χ4n) is 5.10. The van der Waals surface area contributed by atoms with Crippen LogP contribution in [0.4, 0.5) is 0 Å². The Hall–Kier alpha value is -1.88. The minimum atomic E-state index is -0.954. The SMILES string of the molecule is C/C=C/C1C=C[C@@H]2C[C@H](C)CC[C@H]2[C@]1(C)/C(O)=C1/C(=O)N[C@@H](CO)C1=O. The molecule has 142 valence electrons. The van der Waals surface area contributed by atoms with Crippen molar-refractivity contribution in [1.82, 2.24) is 5.32 Å². The van der Waals surface area contributed by atoms with Crippen LogP contribution in [0.1, 0.15) is 40.0 Å². The third-order valence-electron chi connectivity index (χ3n) is 6.61. The summed E-state index contributed by atoms with van der Waals surface area (Å²) in [7, 11) is 0. The number of fused-ring (bicyclic) bond motifs is 1. The molecule has 2 aliphatic carbocycles. The fourth-order valence-corrected chi connectivity index (χ4v) is 5.10. The molecule has 0 aromatic rings. The molecule has 2 fully saturated rings. The van der Waals surface area contributed by atoms with Crippen molar-refractivity contribution in [3.05, 3.63) is 35.6 Å². The van der Waals surface area contributed by atoms with Crippen molar-refractivity contribution in [2.24, 2.45) is 29.1 Å². The van der Waals surface area contributed by atoms with Gasteiger partial charge in [0.1, 0.15) is 17.4 Å². The summed E-state index contributed by atoms with van der Waals surface area (Å²) >= 11 is 0. The van der Waals surface area contributed by atoms with Crippen LogP contribution in [-0.4, -0.2) is 34.6 Å². The number of nitrogens with one attached hydrogen (secondary N) is 1. The van der Waals surface area contributed by atoms with E-state index in [-0.39, 0.29) is 23.2 Å². The zero-order chi connectivity index (χ0) is 19.1. The summed E-state index contributed by atoms with van der Waals surface area (Å²) in [6, 6.07) is -0.954. The molecule has 1 aliphatic heterocycles. The van der Waals surface area contributed by atoms with Gasteiger partial charge in [0.25, 0.3) is 5.91 Å². The Morgan fingerprint density at radius 2 is 2.08 bits per heavy atom. The van der Waals surface area contributed by atoms with Gasteiger partial charge in [0.15, 0.2) is 5.78 Å². The normalized spacial score (nSPS) is 42.1. The van der Waals surface area contributed by atoms with Crippen molar-refractivity contribution in [2.45, 2.75) is 46.1 Å². The summed E-state index contributed by atoms with van der Waals surface area (Å²) in [5.74, 6) is -0.148. The number of rotatable bonds is 3. The molecule has 0 radical (unpaired) electrons. The Labute approximate surface area is 154 Å². The Morgan fingerprint density at radius 3 is 2.69 bits per heavy atom. The third-order valence-corrected chi connectivity index (χ3v) is 6.61. The lowest BCUT2D eigenvalue weighted by Gasteiger charge is -2.50. The molecule has 0 bridgehead atoms. The molecular formula is C21H29NO4. The Bertz CT molecular complexity index is 692. The molecule has 26 heavy (non-hydrogen) atoms. The standard InChI is InChI=1S/C21H29NO4/c1-4-5-14-8-7-13-10-12(2)6-9-15(13)21(14,3)19(25)17-18(24)16(11-23)22-20(17)26/h4-5,7-8,12-16,23,25H,6,9-11H2,1-3H3,(H,22,26)/b5-4+,19-17-/t12-,13-,14?,15-,16+,21-/m1/s1. The molecule has 6 atom stereocenters. The summed E-state index contributed by atoms with van der Waals surface area (Å²) in [5.41, 5.74) is -0.882. The molecule has 0 spiro atoms. The Morgan fingerprint density at radius 1 is 1.35 bits per heavy atom. The number of allylic oxidation sites excluding steroid dienone is 5. The first-order chi connectivity index (χ1) is 12.3. The third kappa shape index (κ3) is 2.82. The van der Waals surface area contributed by atoms with Crippen LogP contribution in [-0.2, 0) is 9.59 Å². The molecule has 1 saturated carbocycles. The molecule has 5 nitrogen and oxygen atoms in total. The quantitative estimate of drug-likeness (QED) is 0.313. The number of hydrogen-bond acceptors (Lipinski definition) is 4. The lowest BCUT2D eigenvalue weighted by molar-refractivity contribution is -0.118. The van der Waals surface area contributed by atoms with Gasteiger partial charge in [0.05, 0.1) is 6.61 Å². The molecule has 3 N–H and O–H groups in total. The zero-order valence-electron chi connectivity index (χ0n) is 15.7. The van der Waals surface area contributed by atoms with Crippen molar-refractivity contribution in [3.8, 4) is 0 Å². The smallest absolute Gasteiger partial charge is 0.259 e. The van der Waals surface area contributed by atoms with Crippen molar-refractivity contribution < 1.29 is 19.8 Å². The number of amides is 1. The van der Waals surface area contributed by atoms with E-state index in [1.54, 1.807) is 0 Å². The van der Waals surface area contributed by atoms with Crippen LogP contribution in [0.2, 0.25) is 0 Å². The van der Waals surface area contributed by atoms with Crippen molar-refractivity contribution >= 4 is 11.7 Å². The van der Waals surface area contributed by atoms with Crippen LogP contribution >= 0.6 is 0 Å². The van der Waals surface area contributed by atoms with Crippen molar-refractivity contribution in [1.29, 1.82) is 0 Å². The van der Waals surface area contributed by atoms with Gasteiger partial charge in [-0.3, -0.25) is 9.59 Å². The zero-order valence-corrected chi connectivity index (χ0v) is 15.7. The average Bonchev–Trinajstić information content (AvgIpc) is 2.90. The number of aliphatic hydroxyl groups is 2. The molecule has 1 unspecified atom stereocenters. The van der Waals surface area contributed by atoms with Crippen LogP contribution in [0.3, 0.4) is 0 Å². The number of aliphatic hydroxyl groups excluding tert-OH is 2. The number of carbonyl (C=O) groups excluding carboxylic acids is 2. The highest BCUT2D eigenvalue weighted by Crippen LogP contribution is 2.55. The van der Waals surface area contributed by atoms with E-state index < -0.39 is 29.8 Å². The summed E-state index contributed by atoms with van der Waals surface area (Å²) in [4.78, 5) is 24.9. The predicted octanol–water partition coefficient (Wildman–Crippen LogP) is 2.68. The lowest BCUT2D eigenvalue weighted by Crippen LogP contribution is -2.45. The maximum absolute atomic E-state index is 12.6. The van der Waals surface area contributed by atoms with Gasteiger partial charge in [0, 0.05) is 11.3 Å². The Kier molecular flexibility index (Phi) is 5.11. The monoisotopic (exact) mass is 359 g/mol. The average molecular weight is 359 g/mol. The maximum atomic E-state index is 12.6. The topological polar surface area (TPSA) is 86.6 Å². The second kappa shape index (κ2) is 7.03. The van der Waals surface area contributed by atoms with Crippen molar-refractivity contribution in [3.63, 3.8) is 0 Å². The molecule has 0 aromatic heterocycles. The first kappa shape index (κ1) is 18.9. The summed E-state index contributed by atoms with van der Waals surface area (Å²) in [6.07, 6.45) is 11.4. The van der Waals surface area contributed by atoms with E-state index in [0.29, 0.717) is 11.8 Å². The molecule has 1 amide bonds. The molecule has 1 heterocycles. The second-order valence-corrected chi connectivity index (χ2v) is 8.20. The van der Waals surface area contributed by atoms with Gasteiger partial charge in [-0.2, -0.15) is 0 Å². The summed E-state index contributed by atoms with van der Waals surface area (Å²) in [6.45, 7) is 5.70. The highest BCUT2D eigenvalue weighted by molar-refractivity contribution is 6.27. The first-order valence-electron chi connectivity index (χ1n) is 9.55. The highest BCUT2D eigenvalue weighted by atomic mass is 16.3. The van der Waals surface area contributed by atoms with E-state index in [9.17, 15) is 19.8 Å². The van der Waals surface area contributed by atoms with Crippen LogP contribution in [0.15, 0.2) is 35.6 Å². The lowest BCUT2D eigenvalue weighted by atomic mass is 9.54. The first-order valence-corrected chi connectivity index (χ1v) is 9.55. The van der Waals surface area contributed by atoms with E-state index in [1.807, 2.05) is 26.0 Å². The molecular weight excluding hydrogens is 330 g/mol. The van der Waals surface area contributed by atoms with E-state index in [0.717, 1.165) is 19.3 Å². The van der Waals surface area contributed by atoms with Crippen LogP contribution in [0.5, 0.6) is 0 Å². The largest absolute Gasteiger partial charge is 0.511 e. The van der Waals surface area contributed by atoms with E-state index in [2.05, 4.69) is 24.4 Å². The van der Waals surface area contributed by atoms with E-state index in [4.69, 9.17) is 0 Å². The summed E-state index contributed by atoms with van der Waals surface area (Å²) in [5, 5.41) is 23.0. The van der Waals surface area contributed by atoms with Gasteiger partial charge in [-0.15, -0.1) is 0 Å². The number of hydrogen-bond donors (Lipinski definition) is 3. The van der Waals surface area contributed by atoms with Gasteiger partial charge in [-0.05, 0) is 37.5 Å². The number of carbonyl (C=O) groups is 2. The molecule has 3 aliphatic rings. The van der Waals surface area contributed by atoms with E-state index >= 15 is 0 Å². The van der Waals surface area contributed by atoms with E-state index in [1.165, 1.54) is 0 Å². The van der Waals surface area contributed by atoms with Gasteiger partial charge < -0.3 is 15.5 Å². The molecule has 5 heteroatoms. The van der Waals surface area contributed by atoms with Gasteiger partial charge in [0.2, 0.25) is 0 Å². The molecule has 1 saturated heterocycles. The fraction of sp³-hybridized carbons (Fsp3) is 0.619. The molecule has 3 rings (SSSR count). The Balaban J connectivity index is 2.11. The predicted molar refractivity (Wildman–Crippen MR) is 99.2 cm³/mol. The number of ketones is 1. The minimum Gasteiger partial charge on any atom is -0.511 e. The van der Waals surface area contributed by atoms with Gasteiger partial charge in [-0.25, -0.2) is 0 Å². The second-order valence-electron chi connectivity index (χ2n) is 8.20. The highest BCUT2D eigenvalue weighted by Gasteiger charge is 2.52.